The molecule has 2 nitrogen and oxygen atoms in total. The van der Waals surface area contributed by atoms with Crippen molar-refractivity contribution < 1.29 is 0 Å². The molecule has 0 aromatic heterocycles. The Hall–Kier alpha value is -0.0700. The number of halogens is 1. The van der Waals surface area contributed by atoms with Gasteiger partial charge in [0.05, 0.1) is 6.07 Å². The highest BCUT2D eigenvalue weighted by Crippen LogP contribution is 2.30. The summed E-state index contributed by atoms with van der Waals surface area (Å²) in [5, 5.41) is 9.78. The average molecular weight is 303 g/mol. The first kappa shape index (κ1) is 16.9. The molecule has 0 saturated carbocycles. The van der Waals surface area contributed by atoms with Crippen LogP contribution < -0.4 is 0 Å². The standard InChI is InChI=1S/C14H27BrN2/c1-5-14(6-2,11-15)12-17(9-7-8-16)10-13(3)4/h13H,5-7,9-12H2,1-4H3. The maximum atomic E-state index is 8.73. The van der Waals surface area contributed by atoms with E-state index in [1.807, 2.05) is 0 Å². The molecule has 0 aliphatic heterocycles. The summed E-state index contributed by atoms with van der Waals surface area (Å²) in [5.41, 5.74) is 0.365. The van der Waals surface area contributed by atoms with Crippen LogP contribution in [0.2, 0.25) is 0 Å². The molecule has 0 bridgehead atoms. The summed E-state index contributed by atoms with van der Waals surface area (Å²) >= 11 is 3.66. The number of hydrogen-bond donors (Lipinski definition) is 0. The molecule has 17 heavy (non-hydrogen) atoms. The van der Waals surface area contributed by atoms with Crippen LogP contribution in [0.25, 0.3) is 0 Å². The predicted molar refractivity (Wildman–Crippen MR) is 78.3 cm³/mol. The Balaban J connectivity index is 4.52. The van der Waals surface area contributed by atoms with Crippen molar-refractivity contribution in [2.75, 3.05) is 25.0 Å². The van der Waals surface area contributed by atoms with Crippen LogP contribution >= 0.6 is 15.9 Å². The van der Waals surface area contributed by atoms with Crippen LogP contribution in [0.3, 0.4) is 0 Å². The highest BCUT2D eigenvalue weighted by molar-refractivity contribution is 9.09. The topological polar surface area (TPSA) is 27.0 Å². The molecular formula is C14H27BrN2. The van der Waals surface area contributed by atoms with E-state index in [2.05, 4.69) is 54.6 Å². The van der Waals surface area contributed by atoms with Crippen molar-refractivity contribution in [3.8, 4) is 6.07 Å². The zero-order valence-electron chi connectivity index (χ0n) is 11.8. The lowest BCUT2D eigenvalue weighted by Gasteiger charge is -2.36. The van der Waals surface area contributed by atoms with Crippen molar-refractivity contribution in [3.05, 3.63) is 0 Å². The van der Waals surface area contributed by atoms with Gasteiger partial charge in [-0.2, -0.15) is 5.26 Å². The summed E-state index contributed by atoms with van der Waals surface area (Å²) in [5.74, 6) is 0.662. The molecule has 0 aliphatic rings. The highest BCUT2D eigenvalue weighted by Gasteiger charge is 2.27. The lowest BCUT2D eigenvalue weighted by Crippen LogP contribution is -2.40. The smallest absolute Gasteiger partial charge is 0.0635 e. The minimum absolute atomic E-state index is 0.365. The summed E-state index contributed by atoms with van der Waals surface area (Å²) in [7, 11) is 0. The Bertz CT molecular complexity index is 221. The van der Waals surface area contributed by atoms with E-state index in [9.17, 15) is 0 Å². The van der Waals surface area contributed by atoms with Crippen LogP contribution in [0.5, 0.6) is 0 Å². The predicted octanol–water partition coefficient (Wildman–Crippen LogP) is 4.06. The Morgan fingerprint density at radius 2 is 1.88 bits per heavy atom. The normalized spacial score (nSPS) is 12.1. The molecular weight excluding hydrogens is 276 g/mol. The van der Waals surface area contributed by atoms with E-state index in [4.69, 9.17) is 5.26 Å². The van der Waals surface area contributed by atoms with Gasteiger partial charge in [-0.25, -0.2) is 0 Å². The van der Waals surface area contributed by atoms with Crippen molar-refractivity contribution in [3.63, 3.8) is 0 Å². The number of alkyl halides is 1. The van der Waals surface area contributed by atoms with Crippen LogP contribution in [-0.4, -0.2) is 29.9 Å². The van der Waals surface area contributed by atoms with Gasteiger partial charge in [0.25, 0.3) is 0 Å². The first-order chi connectivity index (χ1) is 8.03. The zero-order valence-corrected chi connectivity index (χ0v) is 13.4. The van der Waals surface area contributed by atoms with Gasteiger partial charge >= 0.3 is 0 Å². The first-order valence-corrected chi connectivity index (χ1v) is 7.81. The van der Waals surface area contributed by atoms with Crippen molar-refractivity contribution in [2.45, 2.75) is 47.0 Å². The van der Waals surface area contributed by atoms with E-state index >= 15 is 0 Å². The van der Waals surface area contributed by atoms with Crippen molar-refractivity contribution in [1.29, 1.82) is 5.26 Å². The Morgan fingerprint density at radius 3 is 2.24 bits per heavy atom. The SMILES string of the molecule is CCC(CC)(CBr)CN(CCC#N)CC(C)C. The van der Waals surface area contributed by atoms with Crippen LogP contribution in [0.4, 0.5) is 0 Å². The Kier molecular flexibility index (Phi) is 8.90. The van der Waals surface area contributed by atoms with E-state index < -0.39 is 0 Å². The summed E-state index contributed by atoms with van der Waals surface area (Å²) in [6.07, 6.45) is 3.02. The molecule has 0 unspecified atom stereocenters. The lowest BCUT2D eigenvalue weighted by molar-refractivity contribution is 0.148. The fraction of sp³-hybridized carbons (Fsp3) is 0.929. The second-order valence-corrected chi connectivity index (χ2v) is 5.94. The van der Waals surface area contributed by atoms with E-state index in [-0.39, 0.29) is 0 Å². The van der Waals surface area contributed by atoms with Gasteiger partial charge < -0.3 is 4.90 Å². The second kappa shape index (κ2) is 8.94. The molecule has 0 rings (SSSR count). The summed E-state index contributed by atoms with van der Waals surface area (Å²) in [6.45, 7) is 12.1. The second-order valence-electron chi connectivity index (χ2n) is 5.38. The molecule has 0 heterocycles. The molecule has 3 heteroatoms. The minimum atomic E-state index is 0.365. The molecule has 100 valence electrons. The van der Waals surface area contributed by atoms with Crippen LogP contribution in [-0.2, 0) is 0 Å². The summed E-state index contributed by atoms with van der Waals surface area (Å²) in [6, 6.07) is 2.26. The fourth-order valence-electron chi connectivity index (χ4n) is 2.14. The van der Waals surface area contributed by atoms with Gasteiger partial charge in [0.2, 0.25) is 0 Å². The van der Waals surface area contributed by atoms with Gasteiger partial charge in [-0.15, -0.1) is 0 Å². The third kappa shape index (κ3) is 6.43. The maximum absolute atomic E-state index is 8.73. The Labute approximate surface area is 116 Å². The van der Waals surface area contributed by atoms with Crippen molar-refractivity contribution in [1.82, 2.24) is 4.90 Å². The number of rotatable bonds is 9. The zero-order chi connectivity index (χ0) is 13.3. The quantitative estimate of drug-likeness (QED) is 0.601. The van der Waals surface area contributed by atoms with Gasteiger partial charge in [0, 0.05) is 31.4 Å². The largest absolute Gasteiger partial charge is 0.301 e. The fourth-order valence-corrected chi connectivity index (χ4v) is 3.11. The van der Waals surface area contributed by atoms with Gasteiger partial charge in [-0.05, 0) is 24.2 Å². The molecule has 0 amide bonds. The van der Waals surface area contributed by atoms with Gasteiger partial charge in [0.15, 0.2) is 0 Å². The summed E-state index contributed by atoms with van der Waals surface area (Å²) in [4.78, 5) is 2.46. The van der Waals surface area contributed by atoms with Gasteiger partial charge in [0.1, 0.15) is 0 Å². The van der Waals surface area contributed by atoms with E-state index in [1.54, 1.807) is 0 Å². The molecule has 0 atom stereocenters. The summed E-state index contributed by atoms with van der Waals surface area (Å²) < 4.78 is 0. The van der Waals surface area contributed by atoms with E-state index in [0.717, 1.165) is 25.0 Å². The molecule has 0 aliphatic carbocycles. The van der Waals surface area contributed by atoms with Gasteiger partial charge in [-0.3, -0.25) is 0 Å². The van der Waals surface area contributed by atoms with E-state index in [1.165, 1.54) is 12.8 Å². The molecule has 0 saturated heterocycles. The Morgan fingerprint density at radius 1 is 1.29 bits per heavy atom. The number of nitriles is 1. The molecule has 0 aromatic carbocycles. The molecule has 0 spiro atoms. The molecule has 0 radical (unpaired) electrons. The van der Waals surface area contributed by atoms with Gasteiger partial charge in [-0.1, -0.05) is 43.6 Å². The lowest BCUT2D eigenvalue weighted by atomic mass is 9.84. The van der Waals surface area contributed by atoms with Crippen LogP contribution in [0.1, 0.15) is 47.0 Å². The molecule has 0 aromatic rings. The maximum Gasteiger partial charge on any atom is 0.0635 e. The van der Waals surface area contributed by atoms with Crippen molar-refractivity contribution in [2.24, 2.45) is 11.3 Å². The third-order valence-corrected chi connectivity index (χ3v) is 4.70. The number of nitrogens with zero attached hydrogens (tertiary/aromatic N) is 2. The monoisotopic (exact) mass is 302 g/mol. The van der Waals surface area contributed by atoms with Crippen LogP contribution in [0, 0.1) is 22.7 Å². The first-order valence-electron chi connectivity index (χ1n) is 6.68. The highest BCUT2D eigenvalue weighted by atomic mass is 79.9. The number of hydrogen-bond acceptors (Lipinski definition) is 2. The van der Waals surface area contributed by atoms with Crippen molar-refractivity contribution >= 4 is 15.9 Å². The third-order valence-electron chi connectivity index (χ3n) is 3.51. The molecule has 0 N–H and O–H groups in total. The minimum Gasteiger partial charge on any atom is -0.301 e. The van der Waals surface area contributed by atoms with E-state index in [0.29, 0.717) is 17.8 Å². The molecule has 0 fully saturated rings. The van der Waals surface area contributed by atoms with Crippen LogP contribution in [0.15, 0.2) is 0 Å². The average Bonchev–Trinajstić information content (AvgIpc) is 2.32.